The van der Waals surface area contributed by atoms with E-state index in [0.717, 1.165) is 5.56 Å². The van der Waals surface area contributed by atoms with E-state index in [9.17, 15) is 4.79 Å². The Bertz CT molecular complexity index is 483. The van der Waals surface area contributed by atoms with Crippen LogP contribution in [0.1, 0.15) is 10.5 Å². The summed E-state index contributed by atoms with van der Waals surface area (Å²) in [5, 5.41) is 8.78. The maximum absolute atomic E-state index is 10.7. The molecule has 0 unspecified atom stereocenters. The third-order valence-corrected chi connectivity index (χ3v) is 1.93. The van der Waals surface area contributed by atoms with E-state index >= 15 is 0 Å². The van der Waals surface area contributed by atoms with E-state index in [0.29, 0.717) is 5.69 Å². The second-order valence-electron chi connectivity index (χ2n) is 2.95. The minimum atomic E-state index is -1.03. The van der Waals surface area contributed by atoms with Crippen molar-refractivity contribution in [1.29, 1.82) is 0 Å². The average molecular weight is 200 g/mol. The van der Waals surface area contributed by atoms with Crippen molar-refractivity contribution in [2.75, 3.05) is 0 Å². The molecule has 0 aliphatic carbocycles. The molecule has 2 aromatic heterocycles. The largest absolute Gasteiger partial charge is 0.477 e. The summed E-state index contributed by atoms with van der Waals surface area (Å²) in [4.78, 5) is 18.7. The van der Waals surface area contributed by atoms with Crippen molar-refractivity contribution in [2.24, 2.45) is 0 Å². The van der Waals surface area contributed by atoms with Gasteiger partial charge >= 0.3 is 5.97 Å². The zero-order valence-corrected chi connectivity index (χ0v) is 7.79. The highest BCUT2D eigenvalue weighted by Gasteiger charge is 2.05. The molecule has 0 aromatic carbocycles. The van der Waals surface area contributed by atoms with Crippen LogP contribution in [-0.4, -0.2) is 21.0 Å². The molecule has 0 amide bonds. The zero-order valence-electron chi connectivity index (χ0n) is 7.79. The molecule has 74 valence electrons. The molecule has 0 bridgehead atoms. The average Bonchev–Trinajstić information content (AvgIpc) is 2.30. The van der Waals surface area contributed by atoms with Crippen LogP contribution < -0.4 is 0 Å². The fourth-order valence-electron chi connectivity index (χ4n) is 1.23. The first-order valence-corrected chi connectivity index (χ1v) is 4.38. The predicted octanol–water partition coefficient (Wildman–Crippen LogP) is 1.84. The maximum Gasteiger partial charge on any atom is 0.354 e. The van der Waals surface area contributed by atoms with Gasteiger partial charge in [-0.2, -0.15) is 0 Å². The highest BCUT2D eigenvalue weighted by molar-refractivity contribution is 5.86. The Morgan fingerprint density at radius 2 is 2.07 bits per heavy atom. The molecular weight excluding hydrogens is 192 g/mol. The minimum absolute atomic E-state index is 0.0383. The van der Waals surface area contributed by atoms with Crippen LogP contribution in [0.2, 0.25) is 0 Å². The van der Waals surface area contributed by atoms with E-state index in [-0.39, 0.29) is 5.69 Å². The molecule has 4 heteroatoms. The molecular formula is C11H8N2O2. The lowest BCUT2D eigenvalue weighted by atomic mass is 10.2. The Morgan fingerprint density at radius 1 is 1.20 bits per heavy atom. The number of carbonyl (C=O) groups is 1. The topological polar surface area (TPSA) is 63.1 Å². The third-order valence-electron chi connectivity index (χ3n) is 1.93. The van der Waals surface area contributed by atoms with Crippen LogP contribution in [0.5, 0.6) is 0 Å². The van der Waals surface area contributed by atoms with Gasteiger partial charge in [0, 0.05) is 18.0 Å². The highest BCUT2D eigenvalue weighted by atomic mass is 16.4. The molecule has 0 radical (unpaired) electrons. The normalized spacial score (nSPS) is 9.87. The fraction of sp³-hybridized carbons (Fsp3) is 0. The van der Waals surface area contributed by atoms with Crippen molar-refractivity contribution in [1.82, 2.24) is 9.97 Å². The number of aromatic nitrogens is 2. The number of nitrogens with zero attached hydrogens (tertiary/aromatic N) is 2. The van der Waals surface area contributed by atoms with Gasteiger partial charge in [0.25, 0.3) is 0 Å². The first-order chi connectivity index (χ1) is 7.27. The molecule has 0 saturated carbocycles. The van der Waals surface area contributed by atoms with Gasteiger partial charge in [0.2, 0.25) is 0 Å². The molecule has 2 aromatic rings. The van der Waals surface area contributed by atoms with Gasteiger partial charge in [-0.05, 0) is 24.3 Å². The molecule has 4 nitrogen and oxygen atoms in total. The van der Waals surface area contributed by atoms with Crippen molar-refractivity contribution in [3.05, 3.63) is 48.4 Å². The second-order valence-corrected chi connectivity index (χ2v) is 2.95. The summed E-state index contributed by atoms with van der Waals surface area (Å²) < 4.78 is 0. The fourth-order valence-corrected chi connectivity index (χ4v) is 1.23. The molecule has 2 rings (SSSR count). The number of rotatable bonds is 2. The number of hydrogen-bond donors (Lipinski definition) is 1. The minimum Gasteiger partial charge on any atom is -0.477 e. The van der Waals surface area contributed by atoms with Gasteiger partial charge in [0.05, 0.1) is 5.69 Å². The van der Waals surface area contributed by atoms with E-state index in [4.69, 9.17) is 5.11 Å². The molecule has 0 aliphatic rings. The van der Waals surface area contributed by atoms with Crippen LogP contribution in [0.3, 0.4) is 0 Å². The van der Waals surface area contributed by atoms with Gasteiger partial charge in [0.1, 0.15) is 5.69 Å². The van der Waals surface area contributed by atoms with Crippen LogP contribution in [0.25, 0.3) is 11.3 Å². The summed E-state index contributed by atoms with van der Waals surface area (Å²) in [6.07, 6.45) is 3.30. The molecule has 0 spiro atoms. The Labute approximate surface area is 86.2 Å². The Balaban J connectivity index is 2.46. The Kier molecular flexibility index (Phi) is 2.41. The van der Waals surface area contributed by atoms with Crippen LogP contribution in [0.15, 0.2) is 42.7 Å². The van der Waals surface area contributed by atoms with Crippen molar-refractivity contribution in [3.63, 3.8) is 0 Å². The standard InChI is InChI=1S/C11H8N2O2/c14-11(15)10-5-1-4-9(13-10)8-3-2-6-12-7-8/h1-7H,(H,14,15). The lowest BCUT2D eigenvalue weighted by Gasteiger charge is -2.00. The van der Waals surface area contributed by atoms with E-state index in [1.165, 1.54) is 6.07 Å². The summed E-state index contributed by atoms with van der Waals surface area (Å²) in [7, 11) is 0. The third kappa shape index (κ3) is 1.99. The summed E-state index contributed by atoms with van der Waals surface area (Å²) in [5.41, 5.74) is 1.46. The van der Waals surface area contributed by atoms with E-state index < -0.39 is 5.97 Å². The van der Waals surface area contributed by atoms with Gasteiger partial charge in [0.15, 0.2) is 0 Å². The number of carboxylic acid groups (broad SMARTS) is 1. The summed E-state index contributed by atoms with van der Waals surface area (Å²) in [6, 6.07) is 8.50. The van der Waals surface area contributed by atoms with E-state index in [1.807, 2.05) is 6.07 Å². The monoisotopic (exact) mass is 200 g/mol. The number of carboxylic acids is 1. The van der Waals surface area contributed by atoms with Crippen molar-refractivity contribution in [3.8, 4) is 11.3 Å². The molecule has 1 N–H and O–H groups in total. The van der Waals surface area contributed by atoms with Crippen molar-refractivity contribution in [2.45, 2.75) is 0 Å². The highest BCUT2D eigenvalue weighted by Crippen LogP contribution is 2.15. The van der Waals surface area contributed by atoms with E-state index in [2.05, 4.69) is 9.97 Å². The molecule has 0 aliphatic heterocycles. The van der Waals surface area contributed by atoms with Crippen molar-refractivity contribution < 1.29 is 9.90 Å². The van der Waals surface area contributed by atoms with Gasteiger partial charge in [-0.25, -0.2) is 9.78 Å². The molecule has 15 heavy (non-hydrogen) atoms. The van der Waals surface area contributed by atoms with Gasteiger partial charge < -0.3 is 5.11 Å². The lowest BCUT2D eigenvalue weighted by Crippen LogP contribution is -2.00. The van der Waals surface area contributed by atoms with E-state index in [1.54, 1.807) is 30.6 Å². The van der Waals surface area contributed by atoms with Crippen molar-refractivity contribution >= 4 is 5.97 Å². The quantitative estimate of drug-likeness (QED) is 0.803. The molecule has 2 heterocycles. The number of pyridine rings is 2. The summed E-state index contributed by atoms with van der Waals surface area (Å²) in [6.45, 7) is 0. The first-order valence-electron chi connectivity index (χ1n) is 4.38. The van der Waals surface area contributed by atoms with Gasteiger partial charge in [-0.15, -0.1) is 0 Å². The number of hydrogen-bond acceptors (Lipinski definition) is 3. The van der Waals surface area contributed by atoms with Crippen LogP contribution in [-0.2, 0) is 0 Å². The SMILES string of the molecule is O=C(O)c1cccc(-c2cccnc2)n1. The Morgan fingerprint density at radius 3 is 2.73 bits per heavy atom. The first kappa shape index (κ1) is 9.33. The lowest BCUT2D eigenvalue weighted by molar-refractivity contribution is 0.0690. The molecule has 0 saturated heterocycles. The second kappa shape index (κ2) is 3.88. The van der Waals surface area contributed by atoms with Gasteiger partial charge in [-0.1, -0.05) is 6.07 Å². The summed E-state index contributed by atoms with van der Waals surface area (Å²) in [5.74, 6) is -1.03. The smallest absolute Gasteiger partial charge is 0.354 e. The maximum atomic E-state index is 10.7. The van der Waals surface area contributed by atoms with Crippen LogP contribution in [0, 0.1) is 0 Å². The van der Waals surface area contributed by atoms with Crippen LogP contribution >= 0.6 is 0 Å². The van der Waals surface area contributed by atoms with Crippen LogP contribution in [0.4, 0.5) is 0 Å². The molecule has 0 fully saturated rings. The Hall–Kier alpha value is -2.23. The zero-order chi connectivity index (χ0) is 10.7. The summed E-state index contributed by atoms with van der Waals surface area (Å²) >= 11 is 0. The van der Waals surface area contributed by atoms with Gasteiger partial charge in [-0.3, -0.25) is 4.98 Å². The predicted molar refractivity (Wildman–Crippen MR) is 54.4 cm³/mol. The molecule has 0 atom stereocenters. The number of aromatic carboxylic acids is 1.